The Bertz CT molecular complexity index is 402. The van der Waals surface area contributed by atoms with E-state index in [1.807, 2.05) is 19.1 Å². The Morgan fingerprint density at radius 2 is 2.36 bits per heavy atom. The van der Waals surface area contributed by atoms with Crippen LogP contribution >= 0.6 is 22.9 Å². The molecule has 0 aliphatic heterocycles. The number of furan rings is 1. The lowest BCUT2D eigenvalue weighted by atomic mass is 10.1. The zero-order valence-electron chi connectivity index (χ0n) is 7.66. The third kappa shape index (κ3) is 1.71. The highest BCUT2D eigenvalue weighted by molar-refractivity contribution is 7.16. The van der Waals surface area contributed by atoms with Crippen LogP contribution in [0.4, 0.5) is 0 Å². The van der Waals surface area contributed by atoms with Crippen LogP contribution in [0.15, 0.2) is 29.1 Å². The summed E-state index contributed by atoms with van der Waals surface area (Å²) in [5.74, 6) is 0. The Kier molecular flexibility index (Phi) is 2.63. The molecule has 0 bridgehead atoms. The summed E-state index contributed by atoms with van der Waals surface area (Å²) in [6.45, 7) is 1.98. The van der Waals surface area contributed by atoms with E-state index in [0.29, 0.717) is 0 Å². The van der Waals surface area contributed by atoms with Crippen LogP contribution in [0.25, 0.3) is 0 Å². The SMILES string of the molecule is Cc1cc(C(N)c2ccoc2)sc1Cl. The van der Waals surface area contributed by atoms with Crippen LogP contribution in [0.2, 0.25) is 4.34 Å². The number of nitrogens with two attached hydrogens (primary N) is 1. The van der Waals surface area contributed by atoms with Crippen molar-refractivity contribution in [2.75, 3.05) is 0 Å². The lowest BCUT2D eigenvalue weighted by Gasteiger charge is -2.04. The van der Waals surface area contributed by atoms with Gasteiger partial charge in [-0.1, -0.05) is 11.6 Å². The summed E-state index contributed by atoms with van der Waals surface area (Å²) in [6, 6.07) is 3.75. The number of halogens is 1. The molecule has 0 fully saturated rings. The third-order valence-electron chi connectivity index (χ3n) is 2.09. The van der Waals surface area contributed by atoms with Crippen molar-refractivity contribution in [3.8, 4) is 0 Å². The average molecular weight is 228 g/mol. The van der Waals surface area contributed by atoms with E-state index in [1.165, 1.54) is 11.3 Å². The maximum atomic E-state index is 6.03. The normalized spacial score (nSPS) is 13.1. The number of rotatable bonds is 2. The quantitative estimate of drug-likeness (QED) is 0.855. The van der Waals surface area contributed by atoms with Gasteiger partial charge in [0.15, 0.2) is 0 Å². The maximum absolute atomic E-state index is 6.03. The minimum absolute atomic E-state index is 0.134. The molecule has 74 valence electrons. The first-order chi connectivity index (χ1) is 6.68. The fourth-order valence-electron chi connectivity index (χ4n) is 1.25. The highest BCUT2D eigenvalue weighted by Gasteiger charge is 2.13. The largest absolute Gasteiger partial charge is 0.472 e. The van der Waals surface area contributed by atoms with Crippen LogP contribution in [0, 0.1) is 6.92 Å². The first-order valence-electron chi connectivity index (χ1n) is 4.22. The third-order valence-corrected chi connectivity index (χ3v) is 3.72. The van der Waals surface area contributed by atoms with Crippen LogP contribution in [-0.2, 0) is 0 Å². The van der Waals surface area contributed by atoms with Gasteiger partial charge in [-0.05, 0) is 24.6 Å². The summed E-state index contributed by atoms with van der Waals surface area (Å²) in [5.41, 5.74) is 8.08. The topological polar surface area (TPSA) is 39.2 Å². The summed E-state index contributed by atoms with van der Waals surface area (Å²) >= 11 is 7.49. The monoisotopic (exact) mass is 227 g/mol. The number of thiophene rings is 1. The van der Waals surface area contributed by atoms with Gasteiger partial charge < -0.3 is 10.2 Å². The molecule has 0 saturated heterocycles. The highest BCUT2D eigenvalue weighted by Crippen LogP contribution is 2.32. The molecule has 0 aliphatic rings. The summed E-state index contributed by atoms with van der Waals surface area (Å²) in [5, 5.41) is 0. The number of hydrogen-bond donors (Lipinski definition) is 1. The lowest BCUT2D eigenvalue weighted by molar-refractivity contribution is 0.562. The molecule has 0 spiro atoms. The molecular formula is C10H10ClNOS. The molecule has 0 saturated carbocycles. The van der Waals surface area contributed by atoms with E-state index in [-0.39, 0.29) is 6.04 Å². The van der Waals surface area contributed by atoms with Crippen LogP contribution in [0.5, 0.6) is 0 Å². The average Bonchev–Trinajstić information content (AvgIpc) is 2.76. The zero-order chi connectivity index (χ0) is 10.1. The summed E-state index contributed by atoms with van der Waals surface area (Å²) < 4.78 is 5.79. The fourth-order valence-corrected chi connectivity index (χ4v) is 2.50. The van der Waals surface area contributed by atoms with Gasteiger partial charge in [-0.3, -0.25) is 0 Å². The molecule has 14 heavy (non-hydrogen) atoms. The molecule has 0 amide bonds. The standard InChI is InChI=1S/C10H10ClNOS/c1-6-4-8(14-10(6)11)9(12)7-2-3-13-5-7/h2-5,9H,12H2,1H3. The molecule has 1 unspecified atom stereocenters. The Hall–Kier alpha value is -0.770. The van der Waals surface area contributed by atoms with Gasteiger partial charge in [0, 0.05) is 10.4 Å². The van der Waals surface area contributed by atoms with Gasteiger partial charge in [-0.25, -0.2) is 0 Å². The molecule has 2 heterocycles. The molecule has 2 rings (SSSR count). The first kappa shape index (κ1) is 9.77. The van der Waals surface area contributed by atoms with Crippen molar-refractivity contribution in [3.63, 3.8) is 0 Å². The van der Waals surface area contributed by atoms with Crippen molar-refractivity contribution in [1.29, 1.82) is 0 Å². The summed E-state index contributed by atoms with van der Waals surface area (Å²) in [4.78, 5) is 1.06. The molecule has 2 N–H and O–H groups in total. The molecule has 0 aliphatic carbocycles. The smallest absolute Gasteiger partial charge is 0.0961 e. The van der Waals surface area contributed by atoms with Crippen molar-refractivity contribution in [3.05, 3.63) is 45.0 Å². The van der Waals surface area contributed by atoms with Crippen molar-refractivity contribution >= 4 is 22.9 Å². The van der Waals surface area contributed by atoms with Crippen molar-refractivity contribution in [2.45, 2.75) is 13.0 Å². The van der Waals surface area contributed by atoms with Crippen LogP contribution in [0.1, 0.15) is 22.0 Å². The van der Waals surface area contributed by atoms with Crippen molar-refractivity contribution < 1.29 is 4.42 Å². The van der Waals surface area contributed by atoms with Crippen LogP contribution in [0.3, 0.4) is 0 Å². The van der Waals surface area contributed by atoms with Gasteiger partial charge in [0.2, 0.25) is 0 Å². The molecule has 2 aromatic heterocycles. The predicted octanol–water partition coefficient (Wildman–Crippen LogP) is 3.35. The fraction of sp³-hybridized carbons (Fsp3) is 0.200. The molecule has 4 heteroatoms. The second kappa shape index (κ2) is 3.77. The molecule has 2 aromatic rings. The minimum Gasteiger partial charge on any atom is -0.472 e. The van der Waals surface area contributed by atoms with E-state index < -0.39 is 0 Å². The lowest BCUT2D eigenvalue weighted by Crippen LogP contribution is -2.08. The number of hydrogen-bond acceptors (Lipinski definition) is 3. The maximum Gasteiger partial charge on any atom is 0.0961 e. The minimum atomic E-state index is -0.134. The Morgan fingerprint density at radius 1 is 1.57 bits per heavy atom. The molecule has 0 aromatic carbocycles. The van der Waals surface area contributed by atoms with Crippen LogP contribution in [-0.4, -0.2) is 0 Å². The number of aryl methyl sites for hydroxylation is 1. The van der Waals surface area contributed by atoms with E-state index in [0.717, 1.165) is 20.3 Å². The Balaban J connectivity index is 2.32. The van der Waals surface area contributed by atoms with E-state index in [2.05, 4.69) is 0 Å². The summed E-state index contributed by atoms with van der Waals surface area (Å²) in [6.07, 6.45) is 3.28. The van der Waals surface area contributed by atoms with E-state index in [4.69, 9.17) is 21.8 Å². The molecule has 2 nitrogen and oxygen atoms in total. The van der Waals surface area contributed by atoms with Gasteiger partial charge in [0.05, 0.1) is 22.9 Å². The van der Waals surface area contributed by atoms with Gasteiger partial charge >= 0.3 is 0 Å². The Morgan fingerprint density at radius 3 is 2.86 bits per heavy atom. The van der Waals surface area contributed by atoms with E-state index >= 15 is 0 Å². The van der Waals surface area contributed by atoms with Gasteiger partial charge in [0.25, 0.3) is 0 Å². The molecule has 1 atom stereocenters. The predicted molar refractivity (Wildman–Crippen MR) is 58.8 cm³/mol. The Labute approximate surface area is 91.3 Å². The van der Waals surface area contributed by atoms with Crippen molar-refractivity contribution in [1.82, 2.24) is 0 Å². The van der Waals surface area contributed by atoms with Crippen LogP contribution < -0.4 is 5.73 Å². The summed E-state index contributed by atoms with van der Waals surface area (Å²) in [7, 11) is 0. The van der Waals surface area contributed by atoms with E-state index in [1.54, 1.807) is 12.5 Å². The molecule has 0 radical (unpaired) electrons. The highest BCUT2D eigenvalue weighted by atomic mass is 35.5. The second-order valence-electron chi connectivity index (χ2n) is 3.14. The van der Waals surface area contributed by atoms with Gasteiger partial charge in [0.1, 0.15) is 0 Å². The van der Waals surface area contributed by atoms with Gasteiger partial charge in [-0.2, -0.15) is 0 Å². The first-order valence-corrected chi connectivity index (χ1v) is 5.41. The second-order valence-corrected chi connectivity index (χ2v) is 4.83. The van der Waals surface area contributed by atoms with Crippen molar-refractivity contribution in [2.24, 2.45) is 5.73 Å². The zero-order valence-corrected chi connectivity index (χ0v) is 9.23. The molecular weight excluding hydrogens is 218 g/mol. The van der Waals surface area contributed by atoms with Gasteiger partial charge in [-0.15, -0.1) is 11.3 Å². The van der Waals surface area contributed by atoms with E-state index in [9.17, 15) is 0 Å².